The molecule has 0 aliphatic rings. The molecule has 0 saturated heterocycles. The Bertz CT molecular complexity index is 555. The summed E-state index contributed by atoms with van der Waals surface area (Å²) in [4.78, 5) is 2.09. The predicted octanol–water partition coefficient (Wildman–Crippen LogP) is 2.56. The van der Waals surface area contributed by atoms with Crippen molar-refractivity contribution < 1.29 is 4.42 Å². The predicted molar refractivity (Wildman–Crippen MR) is 71.0 cm³/mol. The third-order valence-electron chi connectivity index (χ3n) is 2.84. The molecule has 0 radical (unpaired) electrons. The molecular formula is C14H15N3O. The average Bonchev–Trinajstić information content (AvgIpc) is 2.85. The minimum Gasteiger partial charge on any atom is -0.472 e. The molecule has 1 heterocycles. The smallest absolute Gasteiger partial charge is 0.0952 e. The highest BCUT2D eigenvalue weighted by Gasteiger charge is 2.06. The van der Waals surface area contributed by atoms with Crippen LogP contribution in [0.4, 0.5) is 11.4 Å². The Labute approximate surface area is 106 Å². The number of hydrogen-bond acceptors (Lipinski definition) is 4. The summed E-state index contributed by atoms with van der Waals surface area (Å²) in [7, 11) is 1.99. The van der Waals surface area contributed by atoms with Crippen LogP contribution in [0.5, 0.6) is 0 Å². The van der Waals surface area contributed by atoms with Gasteiger partial charge >= 0.3 is 0 Å². The molecule has 0 spiro atoms. The number of anilines is 2. The van der Waals surface area contributed by atoms with E-state index >= 15 is 0 Å². The van der Waals surface area contributed by atoms with Crippen LogP contribution in [-0.2, 0) is 13.0 Å². The van der Waals surface area contributed by atoms with Gasteiger partial charge in [-0.15, -0.1) is 0 Å². The quantitative estimate of drug-likeness (QED) is 0.835. The van der Waals surface area contributed by atoms with Gasteiger partial charge in [-0.2, -0.15) is 5.26 Å². The van der Waals surface area contributed by atoms with Crippen LogP contribution in [0.3, 0.4) is 0 Å². The fourth-order valence-corrected chi connectivity index (χ4v) is 1.82. The zero-order valence-electron chi connectivity index (χ0n) is 10.3. The molecule has 0 aliphatic heterocycles. The van der Waals surface area contributed by atoms with E-state index in [0.717, 1.165) is 23.4 Å². The molecule has 0 amide bonds. The van der Waals surface area contributed by atoms with Crippen LogP contribution in [0.15, 0.2) is 41.2 Å². The molecule has 1 aromatic heterocycles. The lowest BCUT2D eigenvalue weighted by atomic mass is 10.1. The standard InChI is InChI=1S/C14H15N3O/c1-17(9-11-5-7-18-10-11)13-2-3-14(16)12(8-13)4-6-15/h2-3,5,7-8,10H,4,9,16H2,1H3. The molecule has 1 aromatic carbocycles. The lowest BCUT2D eigenvalue weighted by Gasteiger charge is -2.19. The monoisotopic (exact) mass is 241 g/mol. The van der Waals surface area contributed by atoms with E-state index in [1.807, 2.05) is 31.3 Å². The zero-order chi connectivity index (χ0) is 13.0. The van der Waals surface area contributed by atoms with Crippen LogP contribution >= 0.6 is 0 Å². The molecule has 2 rings (SSSR count). The Morgan fingerprint density at radius 3 is 2.89 bits per heavy atom. The van der Waals surface area contributed by atoms with Gasteiger partial charge < -0.3 is 15.1 Å². The van der Waals surface area contributed by atoms with E-state index in [2.05, 4.69) is 11.0 Å². The van der Waals surface area contributed by atoms with Crippen LogP contribution in [0.25, 0.3) is 0 Å². The van der Waals surface area contributed by atoms with Crippen LogP contribution in [-0.4, -0.2) is 7.05 Å². The van der Waals surface area contributed by atoms with E-state index < -0.39 is 0 Å². The number of rotatable bonds is 4. The summed E-state index contributed by atoms with van der Waals surface area (Å²) >= 11 is 0. The van der Waals surface area contributed by atoms with Gasteiger partial charge in [-0.1, -0.05) is 0 Å². The van der Waals surface area contributed by atoms with E-state index in [1.165, 1.54) is 0 Å². The average molecular weight is 241 g/mol. The van der Waals surface area contributed by atoms with Crippen molar-refractivity contribution in [3.63, 3.8) is 0 Å². The number of nitriles is 1. The Hall–Kier alpha value is -2.41. The summed E-state index contributed by atoms with van der Waals surface area (Å²) < 4.78 is 5.04. The molecule has 0 aliphatic carbocycles. The van der Waals surface area contributed by atoms with Crippen molar-refractivity contribution in [3.8, 4) is 6.07 Å². The van der Waals surface area contributed by atoms with Crippen LogP contribution in [0.1, 0.15) is 11.1 Å². The molecule has 0 atom stereocenters. The minimum absolute atomic E-state index is 0.333. The molecule has 2 N–H and O–H groups in total. The number of furan rings is 1. The maximum Gasteiger partial charge on any atom is 0.0952 e. The normalized spacial score (nSPS) is 10.0. The highest BCUT2D eigenvalue weighted by Crippen LogP contribution is 2.22. The lowest BCUT2D eigenvalue weighted by Crippen LogP contribution is -2.16. The van der Waals surface area contributed by atoms with Crippen molar-refractivity contribution in [2.24, 2.45) is 0 Å². The fourth-order valence-electron chi connectivity index (χ4n) is 1.82. The van der Waals surface area contributed by atoms with E-state index in [9.17, 15) is 0 Å². The second-order valence-electron chi connectivity index (χ2n) is 4.21. The van der Waals surface area contributed by atoms with Crippen molar-refractivity contribution in [1.29, 1.82) is 5.26 Å². The van der Waals surface area contributed by atoms with Crippen LogP contribution in [0.2, 0.25) is 0 Å². The van der Waals surface area contributed by atoms with E-state index in [-0.39, 0.29) is 0 Å². The Kier molecular flexibility index (Phi) is 3.54. The molecule has 0 saturated carbocycles. The van der Waals surface area contributed by atoms with Crippen molar-refractivity contribution in [1.82, 2.24) is 0 Å². The second-order valence-corrected chi connectivity index (χ2v) is 4.21. The van der Waals surface area contributed by atoms with Gasteiger partial charge in [-0.25, -0.2) is 0 Å². The number of nitrogen functional groups attached to an aromatic ring is 1. The summed E-state index contributed by atoms with van der Waals surface area (Å²) in [5, 5.41) is 8.75. The van der Waals surface area contributed by atoms with Gasteiger partial charge in [0.1, 0.15) is 0 Å². The number of nitrogens with zero attached hydrogens (tertiary/aromatic N) is 2. The summed E-state index contributed by atoms with van der Waals surface area (Å²) in [6.07, 6.45) is 3.72. The minimum atomic E-state index is 0.333. The molecule has 4 nitrogen and oxygen atoms in total. The third kappa shape index (κ3) is 2.64. The van der Waals surface area contributed by atoms with Crippen molar-refractivity contribution in [3.05, 3.63) is 47.9 Å². The Balaban J connectivity index is 2.17. The largest absolute Gasteiger partial charge is 0.472 e. The Morgan fingerprint density at radius 1 is 1.39 bits per heavy atom. The van der Waals surface area contributed by atoms with Gasteiger partial charge in [0.2, 0.25) is 0 Å². The van der Waals surface area contributed by atoms with Gasteiger partial charge in [0.25, 0.3) is 0 Å². The molecule has 92 valence electrons. The molecule has 4 heteroatoms. The first kappa shape index (κ1) is 12.1. The van der Waals surface area contributed by atoms with Gasteiger partial charge in [0.15, 0.2) is 0 Å². The molecule has 2 aromatic rings. The zero-order valence-corrected chi connectivity index (χ0v) is 10.3. The van der Waals surface area contributed by atoms with Gasteiger partial charge in [-0.3, -0.25) is 0 Å². The molecule has 0 unspecified atom stereocenters. The van der Waals surface area contributed by atoms with Crippen molar-refractivity contribution in [2.45, 2.75) is 13.0 Å². The topological polar surface area (TPSA) is 66.2 Å². The van der Waals surface area contributed by atoms with Gasteiger partial charge in [0, 0.05) is 30.5 Å². The third-order valence-corrected chi connectivity index (χ3v) is 2.84. The fraction of sp³-hybridized carbons (Fsp3) is 0.214. The van der Waals surface area contributed by atoms with E-state index in [1.54, 1.807) is 12.5 Å². The highest BCUT2D eigenvalue weighted by molar-refractivity contribution is 5.59. The highest BCUT2D eigenvalue weighted by atomic mass is 16.3. The summed E-state index contributed by atoms with van der Waals surface area (Å²) in [5.74, 6) is 0. The summed E-state index contributed by atoms with van der Waals surface area (Å²) in [5.41, 5.74) is 9.51. The lowest BCUT2D eigenvalue weighted by molar-refractivity contribution is 0.563. The molecule has 0 bridgehead atoms. The molecular weight excluding hydrogens is 226 g/mol. The molecule has 0 fully saturated rings. The summed E-state index contributed by atoms with van der Waals surface area (Å²) in [6.45, 7) is 0.756. The van der Waals surface area contributed by atoms with Crippen LogP contribution in [0, 0.1) is 11.3 Å². The number of nitrogens with two attached hydrogens (primary N) is 1. The van der Waals surface area contributed by atoms with Crippen molar-refractivity contribution >= 4 is 11.4 Å². The number of benzene rings is 1. The second kappa shape index (κ2) is 5.28. The van der Waals surface area contributed by atoms with Gasteiger partial charge in [0.05, 0.1) is 25.0 Å². The van der Waals surface area contributed by atoms with E-state index in [4.69, 9.17) is 15.4 Å². The van der Waals surface area contributed by atoms with Crippen LogP contribution < -0.4 is 10.6 Å². The first-order chi connectivity index (χ1) is 8.70. The maximum atomic E-state index is 8.75. The first-order valence-electron chi connectivity index (χ1n) is 5.68. The first-order valence-corrected chi connectivity index (χ1v) is 5.68. The number of hydrogen-bond donors (Lipinski definition) is 1. The van der Waals surface area contributed by atoms with E-state index in [0.29, 0.717) is 12.1 Å². The van der Waals surface area contributed by atoms with Crippen molar-refractivity contribution in [2.75, 3.05) is 17.7 Å². The van der Waals surface area contributed by atoms with Gasteiger partial charge in [-0.05, 0) is 29.8 Å². The summed E-state index contributed by atoms with van der Waals surface area (Å²) in [6, 6.07) is 9.81. The Morgan fingerprint density at radius 2 is 2.22 bits per heavy atom. The molecule has 18 heavy (non-hydrogen) atoms. The SMILES string of the molecule is CN(Cc1ccoc1)c1ccc(N)c(CC#N)c1. The maximum absolute atomic E-state index is 8.75.